The monoisotopic (exact) mass is 234 g/mol. The molecule has 0 spiro atoms. The van der Waals surface area contributed by atoms with Crippen LogP contribution in [0.3, 0.4) is 0 Å². The topological polar surface area (TPSA) is 0 Å². The van der Waals surface area contributed by atoms with E-state index in [1.165, 1.54) is 5.57 Å². The molecule has 0 rings (SSSR count). The minimum atomic E-state index is -0.0783. The molecule has 0 amide bonds. The number of hydrogen-bond acceptors (Lipinski definition) is 0. The molecule has 0 bridgehead atoms. The van der Waals surface area contributed by atoms with Crippen LogP contribution in [-0.4, -0.2) is 0 Å². The maximum Gasteiger partial charge on any atom is 0.114 e. The molecule has 0 unspecified atom stereocenters. The van der Waals surface area contributed by atoms with Gasteiger partial charge in [-0.1, -0.05) is 25.8 Å². The van der Waals surface area contributed by atoms with Crippen molar-refractivity contribution in [2.45, 2.75) is 40.0 Å². The second-order valence-corrected chi connectivity index (χ2v) is 3.70. The Balaban J connectivity index is 4.31. The predicted molar refractivity (Wildman–Crippen MR) is 56.0 cm³/mol. The van der Waals surface area contributed by atoms with Gasteiger partial charge < -0.3 is 0 Å². The summed E-state index contributed by atoms with van der Waals surface area (Å²) >= 11 is 3.20. The maximum absolute atomic E-state index is 12.9. The summed E-state index contributed by atoms with van der Waals surface area (Å²) in [6.07, 6.45) is 4.46. The van der Waals surface area contributed by atoms with Crippen molar-refractivity contribution in [3.05, 3.63) is 22.0 Å². The quantitative estimate of drug-likeness (QED) is 0.618. The SMILES string of the molecule is CCC/C(C)=C\C(Br)=C(\F)CC. The van der Waals surface area contributed by atoms with Crippen molar-refractivity contribution < 1.29 is 4.39 Å². The lowest BCUT2D eigenvalue weighted by Gasteiger charge is -1.98. The van der Waals surface area contributed by atoms with Gasteiger partial charge in [-0.15, -0.1) is 0 Å². The molecule has 70 valence electrons. The molecule has 0 saturated heterocycles. The van der Waals surface area contributed by atoms with Gasteiger partial charge in [-0.2, -0.15) is 0 Å². The molecule has 0 aliphatic rings. The van der Waals surface area contributed by atoms with Gasteiger partial charge in [0.1, 0.15) is 5.83 Å². The summed E-state index contributed by atoms with van der Waals surface area (Å²) in [6.45, 7) is 5.94. The first-order chi connectivity index (χ1) is 5.61. The molecule has 0 fully saturated rings. The van der Waals surface area contributed by atoms with Crippen LogP contribution in [0, 0.1) is 0 Å². The van der Waals surface area contributed by atoms with Crippen LogP contribution in [0.5, 0.6) is 0 Å². The van der Waals surface area contributed by atoms with Crippen molar-refractivity contribution in [3.8, 4) is 0 Å². The van der Waals surface area contributed by atoms with Gasteiger partial charge in [-0.05, 0) is 41.8 Å². The number of allylic oxidation sites excluding steroid dienone is 4. The Morgan fingerprint density at radius 2 is 2.00 bits per heavy atom. The summed E-state index contributed by atoms with van der Waals surface area (Å²) in [5.74, 6) is -0.0783. The normalized spacial score (nSPS) is 14.6. The van der Waals surface area contributed by atoms with Gasteiger partial charge in [0.2, 0.25) is 0 Å². The van der Waals surface area contributed by atoms with Crippen LogP contribution < -0.4 is 0 Å². The highest BCUT2D eigenvalue weighted by Crippen LogP contribution is 2.20. The molecule has 0 nitrogen and oxygen atoms in total. The fourth-order valence-corrected chi connectivity index (χ4v) is 1.60. The fourth-order valence-electron chi connectivity index (χ4n) is 0.930. The smallest absolute Gasteiger partial charge is 0.114 e. The van der Waals surface area contributed by atoms with Crippen LogP contribution in [0.2, 0.25) is 0 Å². The van der Waals surface area contributed by atoms with Crippen LogP contribution in [0.25, 0.3) is 0 Å². The van der Waals surface area contributed by atoms with E-state index in [4.69, 9.17) is 0 Å². The van der Waals surface area contributed by atoms with Crippen molar-refractivity contribution in [1.82, 2.24) is 0 Å². The third-order valence-electron chi connectivity index (χ3n) is 1.59. The molecule has 12 heavy (non-hydrogen) atoms. The molecule has 0 aliphatic heterocycles. The highest BCUT2D eigenvalue weighted by molar-refractivity contribution is 9.11. The maximum atomic E-state index is 12.9. The summed E-state index contributed by atoms with van der Waals surface area (Å²) in [6, 6.07) is 0. The van der Waals surface area contributed by atoms with Crippen molar-refractivity contribution in [2.75, 3.05) is 0 Å². The summed E-state index contributed by atoms with van der Waals surface area (Å²) in [7, 11) is 0. The highest BCUT2D eigenvalue weighted by atomic mass is 79.9. The van der Waals surface area contributed by atoms with Crippen molar-refractivity contribution >= 4 is 15.9 Å². The zero-order chi connectivity index (χ0) is 9.56. The van der Waals surface area contributed by atoms with Crippen LogP contribution in [0.15, 0.2) is 22.0 Å². The van der Waals surface area contributed by atoms with E-state index in [1.807, 2.05) is 13.0 Å². The van der Waals surface area contributed by atoms with E-state index in [2.05, 4.69) is 22.9 Å². The molecule has 0 aliphatic carbocycles. The van der Waals surface area contributed by atoms with E-state index in [0.717, 1.165) is 12.8 Å². The molecule has 0 aromatic carbocycles. The molecule has 0 aromatic heterocycles. The Bertz CT molecular complexity index is 192. The van der Waals surface area contributed by atoms with Gasteiger partial charge in [0, 0.05) is 4.48 Å². The first kappa shape index (κ1) is 11.9. The minimum absolute atomic E-state index is 0.0783. The number of rotatable bonds is 4. The lowest BCUT2D eigenvalue weighted by molar-refractivity contribution is 0.602. The average molecular weight is 235 g/mol. The van der Waals surface area contributed by atoms with Crippen molar-refractivity contribution in [3.63, 3.8) is 0 Å². The standard InChI is InChI=1S/C10H16BrF/c1-4-6-8(3)7-9(11)10(12)5-2/h7H,4-6H2,1-3H3/b8-7-,10-9-. The van der Waals surface area contributed by atoms with Gasteiger partial charge in [-0.3, -0.25) is 0 Å². The van der Waals surface area contributed by atoms with Crippen LogP contribution in [-0.2, 0) is 0 Å². The Hall–Kier alpha value is -0.110. The minimum Gasteiger partial charge on any atom is -0.211 e. The lowest BCUT2D eigenvalue weighted by atomic mass is 10.1. The van der Waals surface area contributed by atoms with Gasteiger partial charge in [0.25, 0.3) is 0 Å². The summed E-state index contributed by atoms with van der Waals surface area (Å²) in [4.78, 5) is 0. The molecule has 0 heterocycles. The van der Waals surface area contributed by atoms with Gasteiger partial charge in [0.15, 0.2) is 0 Å². The second-order valence-electron chi connectivity index (χ2n) is 2.85. The van der Waals surface area contributed by atoms with E-state index < -0.39 is 0 Å². The Morgan fingerprint density at radius 1 is 1.42 bits per heavy atom. The largest absolute Gasteiger partial charge is 0.211 e. The van der Waals surface area contributed by atoms with Gasteiger partial charge >= 0.3 is 0 Å². The average Bonchev–Trinajstić information content (AvgIpc) is 2.03. The fraction of sp³-hybridized carbons (Fsp3) is 0.600. The first-order valence-electron chi connectivity index (χ1n) is 4.33. The van der Waals surface area contributed by atoms with Crippen LogP contribution in [0.1, 0.15) is 40.0 Å². The van der Waals surface area contributed by atoms with E-state index in [0.29, 0.717) is 10.9 Å². The second kappa shape index (κ2) is 6.41. The molecule has 0 atom stereocenters. The molecular weight excluding hydrogens is 219 g/mol. The Morgan fingerprint density at radius 3 is 2.42 bits per heavy atom. The Kier molecular flexibility index (Phi) is 6.35. The Labute approximate surface area is 82.7 Å². The van der Waals surface area contributed by atoms with Crippen LogP contribution >= 0.6 is 15.9 Å². The van der Waals surface area contributed by atoms with Gasteiger partial charge in [0.05, 0.1) is 0 Å². The zero-order valence-corrected chi connectivity index (χ0v) is 9.54. The number of hydrogen-bond donors (Lipinski definition) is 0. The molecular formula is C10H16BrF. The summed E-state index contributed by atoms with van der Waals surface area (Å²) < 4.78 is 13.5. The van der Waals surface area contributed by atoms with E-state index in [9.17, 15) is 4.39 Å². The molecule has 2 heteroatoms. The summed E-state index contributed by atoms with van der Waals surface area (Å²) in [5, 5.41) is 0. The van der Waals surface area contributed by atoms with E-state index in [1.54, 1.807) is 6.92 Å². The molecule has 0 radical (unpaired) electrons. The molecule has 0 N–H and O–H groups in total. The van der Waals surface area contributed by atoms with Crippen molar-refractivity contribution in [2.24, 2.45) is 0 Å². The third-order valence-corrected chi connectivity index (χ3v) is 2.25. The molecule has 0 saturated carbocycles. The van der Waals surface area contributed by atoms with E-state index >= 15 is 0 Å². The van der Waals surface area contributed by atoms with Gasteiger partial charge in [-0.25, -0.2) is 4.39 Å². The zero-order valence-electron chi connectivity index (χ0n) is 7.95. The van der Waals surface area contributed by atoms with E-state index in [-0.39, 0.29) is 5.83 Å². The van der Waals surface area contributed by atoms with Crippen molar-refractivity contribution in [1.29, 1.82) is 0 Å². The van der Waals surface area contributed by atoms with Crippen LogP contribution in [0.4, 0.5) is 4.39 Å². The first-order valence-corrected chi connectivity index (χ1v) is 5.12. The highest BCUT2D eigenvalue weighted by Gasteiger charge is 1.97. The third kappa shape index (κ3) is 4.70. The lowest BCUT2D eigenvalue weighted by Crippen LogP contribution is -1.78. The molecule has 0 aromatic rings. The predicted octanol–water partition coefficient (Wildman–Crippen LogP) is 4.72. The summed E-state index contributed by atoms with van der Waals surface area (Å²) in [5.41, 5.74) is 1.22. The number of halogens is 2.